The molecule has 106 valence electrons. The number of phenolic OH excluding ortho intramolecular Hbond substituents is 1. The molecule has 2 rings (SSSR count). The number of alkyl halides is 3. The van der Waals surface area contributed by atoms with E-state index in [1.54, 1.807) is 0 Å². The fraction of sp³-hybridized carbons (Fsp3) is 0.0769. The minimum atomic E-state index is -4.95. The number of aromatic hydroxyl groups is 1. The van der Waals surface area contributed by atoms with E-state index in [-0.39, 0.29) is 11.1 Å². The molecule has 0 saturated carbocycles. The van der Waals surface area contributed by atoms with Crippen LogP contribution < -0.4 is 4.74 Å². The molecular weight excluding hydrogens is 283 g/mol. The number of benzene rings is 2. The number of phenols is 1. The quantitative estimate of drug-likeness (QED) is 0.838. The number of hydrogen-bond acceptors (Lipinski definition) is 2. The normalized spacial score (nSPS) is 11.4. The van der Waals surface area contributed by atoms with Crippen LogP contribution in [0.25, 0.3) is 11.1 Å². The third-order valence-corrected chi connectivity index (χ3v) is 2.36. The van der Waals surface area contributed by atoms with Gasteiger partial charge in [0, 0.05) is 11.6 Å². The van der Waals surface area contributed by atoms with Crippen LogP contribution >= 0.6 is 0 Å². The van der Waals surface area contributed by atoms with E-state index >= 15 is 0 Å². The number of hydrogen-bond donors (Lipinski definition) is 1. The van der Waals surface area contributed by atoms with Crippen molar-refractivity contribution in [2.75, 3.05) is 0 Å². The molecule has 2 nitrogen and oxygen atoms in total. The number of rotatable bonds is 2. The van der Waals surface area contributed by atoms with E-state index in [0.29, 0.717) is 6.07 Å². The fourth-order valence-electron chi connectivity index (χ4n) is 1.65. The molecule has 7 heteroatoms. The Bertz CT molecular complexity index is 637. The largest absolute Gasteiger partial charge is 0.573 e. The molecule has 0 radical (unpaired) electrons. The molecule has 0 aliphatic rings. The van der Waals surface area contributed by atoms with Gasteiger partial charge in [-0.3, -0.25) is 0 Å². The first-order valence-electron chi connectivity index (χ1n) is 5.30. The van der Waals surface area contributed by atoms with Crippen LogP contribution in [0.1, 0.15) is 0 Å². The monoisotopic (exact) mass is 290 g/mol. The molecule has 0 aliphatic heterocycles. The topological polar surface area (TPSA) is 29.5 Å². The lowest BCUT2D eigenvalue weighted by Crippen LogP contribution is -2.17. The third kappa shape index (κ3) is 3.37. The van der Waals surface area contributed by atoms with Crippen molar-refractivity contribution < 1.29 is 31.8 Å². The first-order chi connectivity index (χ1) is 9.24. The summed E-state index contributed by atoms with van der Waals surface area (Å²) < 4.78 is 66.6. The molecular formula is C13H7F5O2. The molecule has 0 atom stereocenters. The molecule has 0 fully saturated rings. The van der Waals surface area contributed by atoms with Crippen molar-refractivity contribution in [3.05, 3.63) is 48.0 Å². The SMILES string of the molecule is Oc1cc(OC(F)(F)F)cc(-c2cc(F)ccc2F)c1. The van der Waals surface area contributed by atoms with Gasteiger partial charge in [0.15, 0.2) is 0 Å². The van der Waals surface area contributed by atoms with Crippen LogP contribution in [0.2, 0.25) is 0 Å². The molecule has 0 bridgehead atoms. The van der Waals surface area contributed by atoms with Crippen molar-refractivity contribution in [1.82, 2.24) is 0 Å². The summed E-state index contributed by atoms with van der Waals surface area (Å²) in [6, 6.07) is 5.08. The minimum Gasteiger partial charge on any atom is -0.508 e. The van der Waals surface area contributed by atoms with E-state index in [9.17, 15) is 27.1 Å². The van der Waals surface area contributed by atoms with Crippen LogP contribution in [0, 0.1) is 11.6 Å². The molecule has 0 spiro atoms. The van der Waals surface area contributed by atoms with E-state index < -0.39 is 29.5 Å². The highest BCUT2D eigenvalue weighted by Crippen LogP contribution is 2.33. The molecule has 0 aromatic heterocycles. The van der Waals surface area contributed by atoms with Crippen molar-refractivity contribution >= 4 is 0 Å². The van der Waals surface area contributed by atoms with E-state index in [0.717, 1.165) is 30.3 Å². The lowest BCUT2D eigenvalue weighted by Gasteiger charge is -2.11. The maximum Gasteiger partial charge on any atom is 0.573 e. The Labute approximate surface area is 110 Å². The molecule has 0 heterocycles. The van der Waals surface area contributed by atoms with Gasteiger partial charge in [0.05, 0.1) is 0 Å². The predicted molar refractivity (Wildman–Crippen MR) is 60.1 cm³/mol. The van der Waals surface area contributed by atoms with Gasteiger partial charge in [0.2, 0.25) is 0 Å². The summed E-state index contributed by atoms with van der Waals surface area (Å²) in [5.41, 5.74) is -0.422. The summed E-state index contributed by atoms with van der Waals surface area (Å²) in [5, 5.41) is 9.35. The van der Waals surface area contributed by atoms with E-state index in [1.165, 1.54) is 0 Å². The summed E-state index contributed by atoms with van der Waals surface area (Å²) in [7, 11) is 0. The van der Waals surface area contributed by atoms with Crippen molar-refractivity contribution in [1.29, 1.82) is 0 Å². The zero-order valence-electron chi connectivity index (χ0n) is 9.71. The second-order valence-corrected chi connectivity index (χ2v) is 3.89. The van der Waals surface area contributed by atoms with E-state index in [1.807, 2.05) is 0 Å². The van der Waals surface area contributed by atoms with Gasteiger partial charge < -0.3 is 9.84 Å². The Hall–Kier alpha value is -2.31. The van der Waals surface area contributed by atoms with Crippen molar-refractivity contribution in [3.63, 3.8) is 0 Å². The van der Waals surface area contributed by atoms with Gasteiger partial charge in [-0.25, -0.2) is 8.78 Å². The van der Waals surface area contributed by atoms with Gasteiger partial charge in [0.25, 0.3) is 0 Å². The summed E-state index contributed by atoms with van der Waals surface area (Å²) in [5.74, 6) is -2.89. The highest BCUT2D eigenvalue weighted by molar-refractivity contribution is 5.67. The van der Waals surface area contributed by atoms with Gasteiger partial charge in [-0.2, -0.15) is 0 Å². The molecule has 0 aliphatic carbocycles. The van der Waals surface area contributed by atoms with Gasteiger partial charge in [-0.05, 0) is 35.9 Å². The fourth-order valence-corrected chi connectivity index (χ4v) is 1.65. The van der Waals surface area contributed by atoms with Crippen LogP contribution in [-0.4, -0.2) is 11.5 Å². The summed E-state index contributed by atoms with van der Waals surface area (Å²) in [4.78, 5) is 0. The molecule has 2 aromatic carbocycles. The lowest BCUT2D eigenvalue weighted by molar-refractivity contribution is -0.274. The molecule has 0 amide bonds. The standard InChI is InChI=1S/C13H7F5O2/c14-8-1-2-12(15)11(5-8)7-3-9(19)6-10(4-7)20-13(16,17)18/h1-6,19H. The van der Waals surface area contributed by atoms with Gasteiger partial charge in [-0.1, -0.05) is 0 Å². The van der Waals surface area contributed by atoms with Gasteiger partial charge >= 0.3 is 6.36 Å². The molecule has 2 aromatic rings. The predicted octanol–water partition coefficient (Wildman–Crippen LogP) is 4.24. The highest BCUT2D eigenvalue weighted by atomic mass is 19.4. The average molecular weight is 290 g/mol. The van der Waals surface area contributed by atoms with Crippen LogP contribution in [0.4, 0.5) is 22.0 Å². The Morgan fingerprint density at radius 2 is 1.65 bits per heavy atom. The molecule has 0 saturated heterocycles. The maximum atomic E-state index is 13.5. The highest BCUT2D eigenvalue weighted by Gasteiger charge is 2.31. The molecule has 20 heavy (non-hydrogen) atoms. The Kier molecular flexibility index (Phi) is 3.52. The third-order valence-electron chi connectivity index (χ3n) is 2.36. The van der Waals surface area contributed by atoms with E-state index in [4.69, 9.17) is 0 Å². The Morgan fingerprint density at radius 3 is 2.30 bits per heavy atom. The van der Waals surface area contributed by atoms with Crippen LogP contribution in [-0.2, 0) is 0 Å². The minimum absolute atomic E-state index is 0.138. The number of ether oxygens (including phenoxy) is 1. The zero-order valence-corrected chi connectivity index (χ0v) is 9.71. The zero-order chi connectivity index (χ0) is 14.9. The summed E-state index contributed by atoms with van der Waals surface area (Å²) in [6.07, 6.45) is -4.95. The average Bonchev–Trinajstić information content (AvgIpc) is 2.29. The first kappa shape index (κ1) is 14.1. The first-order valence-corrected chi connectivity index (χ1v) is 5.30. The van der Waals surface area contributed by atoms with Crippen molar-refractivity contribution in [3.8, 4) is 22.6 Å². The maximum absolute atomic E-state index is 13.5. The van der Waals surface area contributed by atoms with Gasteiger partial charge in [-0.15, -0.1) is 13.2 Å². The van der Waals surface area contributed by atoms with Gasteiger partial charge in [0.1, 0.15) is 23.1 Å². The summed E-state index contributed by atoms with van der Waals surface area (Å²) in [6.45, 7) is 0. The second kappa shape index (κ2) is 4.99. The van der Waals surface area contributed by atoms with Crippen molar-refractivity contribution in [2.24, 2.45) is 0 Å². The molecule has 0 unspecified atom stereocenters. The van der Waals surface area contributed by atoms with Crippen molar-refractivity contribution in [2.45, 2.75) is 6.36 Å². The van der Waals surface area contributed by atoms with Crippen LogP contribution in [0.5, 0.6) is 11.5 Å². The summed E-state index contributed by atoms with van der Waals surface area (Å²) >= 11 is 0. The second-order valence-electron chi connectivity index (χ2n) is 3.89. The van der Waals surface area contributed by atoms with Crippen LogP contribution in [0.3, 0.4) is 0 Å². The molecule has 1 N–H and O–H groups in total. The Morgan fingerprint density at radius 1 is 0.950 bits per heavy atom. The Balaban J connectivity index is 2.49. The lowest BCUT2D eigenvalue weighted by atomic mass is 10.0. The smallest absolute Gasteiger partial charge is 0.508 e. The number of halogens is 5. The van der Waals surface area contributed by atoms with Crippen LogP contribution in [0.15, 0.2) is 36.4 Å². The van der Waals surface area contributed by atoms with E-state index in [2.05, 4.69) is 4.74 Å².